The minimum atomic E-state index is 0.149. The quantitative estimate of drug-likeness (QED) is 0.135. The van der Waals surface area contributed by atoms with Crippen molar-refractivity contribution in [1.29, 1.82) is 0 Å². The zero-order valence-electron chi connectivity index (χ0n) is 29.7. The van der Waals surface area contributed by atoms with Gasteiger partial charge in [-0.1, -0.05) is 152 Å². The Bertz CT molecular complexity index is 3200. The molecule has 2 heterocycles. The highest BCUT2D eigenvalue weighted by Crippen LogP contribution is 2.50. The minimum absolute atomic E-state index is 0.149. The number of benzene rings is 8. The van der Waals surface area contributed by atoms with Crippen molar-refractivity contribution < 1.29 is 0 Å². The molecular formula is C52H31N3. The Morgan fingerprint density at radius 1 is 0.473 bits per heavy atom. The van der Waals surface area contributed by atoms with Crippen LogP contribution in [0.2, 0.25) is 0 Å². The molecular weight excluding hydrogens is 667 g/mol. The fourth-order valence-electron chi connectivity index (χ4n) is 8.79. The number of aromatic nitrogens is 2. The van der Waals surface area contributed by atoms with E-state index in [1.54, 1.807) is 0 Å². The van der Waals surface area contributed by atoms with Gasteiger partial charge in [-0.2, -0.15) is 0 Å². The van der Waals surface area contributed by atoms with Crippen molar-refractivity contribution in [3.05, 3.63) is 210 Å². The molecule has 1 unspecified atom stereocenters. The van der Waals surface area contributed by atoms with E-state index in [0.717, 1.165) is 71.7 Å². The fourth-order valence-corrected chi connectivity index (χ4v) is 8.79. The van der Waals surface area contributed by atoms with Crippen LogP contribution >= 0.6 is 0 Å². The number of nitrogens with zero attached hydrogens (tertiary/aromatic N) is 3. The van der Waals surface area contributed by atoms with Crippen LogP contribution in [0.5, 0.6) is 0 Å². The Kier molecular flexibility index (Phi) is 6.99. The smallest absolute Gasteiger partial charge is 0.187 e. The van der Waals surface area contributed by atoms with Crippen LogP contribution in [0, 0.1) is 6.57 Å². The summed E-state index contributed by atoms with van der Waals surface area (Å²) >= 11 is 0. The Morgan fingerprint density at radius 3 is 1.89 bits per heavy atom. The second kappa shape index (κ2) is 12.3. The van der Waals surface area contributed by atoms with Crippen LogP contribution in [0.1, 0.15) is 22.6 Å². The van der Waals surface area contributed by atoms with Gasteiger partial charge in [0.1, 0.15) is 0 Å². The largest absolute Gasteiger partial charge is 0.256 e. The van der Waals surface area contributed by atoms with Crippen LogP contribution in [-0.2, 0) is 0 Å². The zero-order chi connectivity index (χ0) is 36.5. The van der Waals surface area contributed by atoms with Gasteiger partial charge >= 0.3 is 0 Å². The molecule has 1 aliphatic rings. The van der Waals surface area contributed by atoms with Gasteiger partial charge in [0.25, 0.3) is 0 Å². The summed E-state index contributed by atoms with van der Waals surface area (Å²) in [7, 11) is 0. The van der Waals surface area contributed by atoms with E-state index in [-0.39, 0.29) is 5.92 Å². The first-order valence-electron chi connectivity index (χ1n) is 18.6. The molecule has 0 N–H and O–H groups in total. The van der Waals surface area contributed by atoms with Gasteiger partial charge in [-0.3, -0.25) is 4.98 Å². The van der Waals surface area contributed by atoms with Crippen molar-refractivity contribution in [2.45, 2.75) is 5.92 Å². The molecule has 8 aromatic carbocycles. The minimum Gasteiger partial charge on any atom is -0.256 e. The first kappa shape index (κ1) is 31.1. The molecule has 55 heavy (non-hydrogen) atoms. The highest BCUT2D eigenvalue weighted by atomic mass is 14.7. The predicted octanol–water partition coefficient (Wildman–Crippen LogP) is 13.8. The third-order valence-electron chi connectivity index (χ3n) is 11.4. The summed E-state index contributed by atoms with van der Waals surface area (Å²) in [6.07, 6.45) is 1.89. The Morgan fingerprint density at radius 2 is 1.11 bits per heavy atom. The topological polar surface area (TPSA) is 30.1 Å². The van der Waals surface area contributed by atoms with Crippen molar-refractivity contribution in [1.82, 2.24) is 9.97 Å². The molecule has 11 rings (SSSR count). The maximum atomic E-state index is 7.68. The molecule has 0 aliphatic heterocycles. The van der Waals surface area contributed by atoms with Gasteiger partial charge in [0.05, 0.1) is 23.3 Å². The zero-order valence-corrected chi connectivity index (χ0v) is 29.7. The fraction of sp³-hybridized carbons (Fsp3) is 0.0192. The molecule has 0 amide bonds. The van der Waals surface area contributed by atoms with Crippen LogP contribution in [0.15, 0.2) is 182 Å². The molecule has 0 fully saturated rings. The summed E-state index contributed by atoms with van der Waals surface area (Å²) in [5.74, 6) is 0.149. The molecule has 0 bridgehead atoms. The third kappa shape index (κ3) is 4.97. The lowest BCUT2D eigenvalue weighted by Gasteiger charge is -2.15. The van der Waals surface area contributed by atoms with Crippen LogP contribution < -0.4 is 0 Å². The van der Waals surface area contributed by atoms with Gasteiger partial charge in [-0.25, -0.2) is 9.83 Å². The second-order valence-electron chi connectivity index (χ2n) is 14.4. The number of hydrogen-bond donors (Lipinski definition) is 0. The van der Waals surface area contributed by atoms with Gasteiger partial charge in [0, 0.05) is 44.6 Å². The summed E-state index contributed by atoms with van der Waals surface area (Å²) in [4.78, 5) is 14.0. The monoisotopic (exact) mass is 697 g/mol. The van der Waals surface area contributed by atoms with Gasteiger partial charge in [0.2, 0.25) is 0 Å². The lowest BCUT2D eigenvalue weighted by Crippen LogP contribution is -1.98. The first-order valence-corrected chi connectivity index (χ1v) is 18.6. The van der Waals surface area contributed by atoms with Crippen LogP contribution in [0.4, 0.5) is 5.69 Å². The van der Waals surface area contributed by atoms with E-state index in [4.69, 9.17) is 16.5 Å². The molecule has 1 aliphatic carbocycles. The number of fused-ring (bicyclic) bond motifs is 10. The normalized spacial score (nSPS) is 13.3. The Labute approximate surface area is 318 Å². The van der Waals surface area contributed by atoms with Crippen molar-refractivity contribution in [2.75, 3.05) is 0 Å². The SMILES string of the molecule is [C-]#[N+]c1ccc2c(c1)-c1cc(-c3ccc(-c4ccc5c(c4)nc(-c4ccccc4)c4ccc6ccc7cccnc7c6c45)cc3)ccc1C2c1ccccc1. The highest BCUT2D eigenvalue weighted by molar-refractivity contribution is 6.28. The van der Waals surface area contributed by atoms with Crippen molar-refractivity contribution in [2.24, 2.45) is 0 Å². The molecule has 10 aromatic rings. The van der Waals surface area contributed by atoms with Gasteiger partial charge < -0.3 is 0 Å². The Balaban J connectivity index is 1.03. The maximum absolute atomic E-state index is 7.68. The van der Waals surface area contributed by atoms with E-state index in [9.17, 15) is 0 Å². The maximum Gasteiger partial charge on any atom is 0.187 e. The second-order valence-corrected chi connectivity index (χ2v) is 14.4. The average molecular weight is 698 g/mol. The number of pyridine rings is 2. The van der Waals surface area contributed by atoms with E-state index in [2.05, 4.69) is 169 Å². The summed E-state index contributed by atoms with van der Waals surface area (Å²) in [6.45, 7) is 7.68. The Hall–Kier alpha value is -7.41. The van der Waals surface area contributed by atoms with E-state index in [0.29, 0.717) is 5.69 Å². The predicted molar refractivity (Wildman–Crippen MR) is 227 cm³/mol. The van der Waals surface area contributed by atoms with Gasteiger partial charge in [0.15, 0.2) is 5.69 Å². The lowest BCUT2D eigenvalue weighted by molar-refractivity contribution is 1.02. The molecule has 3 nitrogen and oxygen atoms in total. The molecule has 3 heteroatoms. The van der Waals surface area contributed by atoms with E-state index in [1.165, 1.54) is 33.0 Å². The van der Waals surface area contributed by atoms with Gasteiger partial charge in [-0.05, 0) is 79.7 Å². The summed E-state index contributed by atoms with van der Waals surface area (Å²) < 4.78 is 0. The van der Waals surface area contributed by atoms with E-state index >= 15 is 0 Å². The molecule has 0 spiro atoms. The summed E-state index contributed by atoms with van der Waals surface area (Å²) in [5, 5.41) is 6.88. The van der Waals surface area contributed by atoms with Crippen molar-refractivity contribution >= 4 is 49.0 Å². The molecule has 0 saturated heterocycles. The number of hydrogen-bond acceptors (Lipinski definition) is 2. The average Bonchev–Trinajstić information content (AvgIpc) is 3.59. The van der Waals surface area contributed by atoms with Crippen LogP contribution in [-0.4, -0.2) is 9.97 Å². The molecule has 2 aromatic heterocycles. The highest BCUT2D eigenvalue weighted by Gasteiger charge is 2.30. The lowest BCUT2D eigenvalue weighted by atomic mass is 9.89. The molecule has 0 saturated carbocycles. The first-order chi connectivity index (χ1) is 27.2. The van der Waals surface area contributed by atoms with Crippen LogP contribution in [0.3, 0.4) is 0 Å². The van der Waals surface area contributed by atoms with Crippen molar-refractivity contribution in [3.63, 3.8) is 0 Å². The summed E-state index contributed by atoms with van der Waals surface area (Å²) in [6, 6.07) is 62.6. The van der Waals surface area contributed by atoms with Gasteiger partial charge in [-0.15, -0.1) is 0 Å². The molecule has 254 valence electrons. The molecule has 0 radical (unpaired) electrons. The van der Waals surface area contributed by atoms with E-state index < -0.39 is 0 Å². The van der Waals surface area contributed by atoms with Crippen LogP contribution in [0.25, 0.3) is 92.8 Å². The molecule has 1 atom stereocenters. The third-order valence-corrected chi connectivity index (χ3v) is 11.4. The summed E-state index contributed by atoms with van der Waals surface area (Å²) in [5.41, 5.74) is 15.4. The van der Waals surface area contributed by atoms with E-state index in [1.807, 2.05) is 18.3 Å². The van der Waals surface area contributed by atoms with Crippen molar-refractivity contribution in [3.8, 4) is 44.6 Å². The number of rotatable bonds is 4. The standard InChI is InChI=1S/C52H31N3/c1-53-40-23-27-42-46(31-40)45-29-38(21-24-41(45)48(42)34-9-4-2-5-10-34)32-14-16-33(17-15-32)39-22-25-43-47(30-39)55-51(36-11-6-3-7-12-36)44-26-20-35-18-19-37-13-8-28-54-52(37)49(35)50(43)44/h2-31,48H.